The predicted molar refractivity (Wildman–Crippen MR) is 125 cm³/mol. The zero-order chi connectivity index (χ0) is 21.6. The van der Waals surface area contributed by atoms with Crippen LogP contribution in [0.5, 0.6) is 0 Å². The molecule has 160 valence electrons. The van der Waals surface area contributed by atoms with E-state index in [1.807, 2.05) is 13.0 Å². The molecule has 3 aromatic carbocycles. The Morgan fingerprint density at radius 3 is 2.35 bits per heavy atom. The van der Waals surface area contributed by atoms with Crippen LogP contribution >= 0.6 is 23.4 Å². The molecule has 1 aliphatic carbocycles. The van der Waals surface area contributed by atoms with Crippen molar-refractivity contribution < 1.29 is 12.6 Å². The molecule has 1 saturated carbocycles. The predicted octanol–water partition coefficient (Wildman–Crippen LogP) is 6.75. The van der Waals surface area contributed by atoms with Crippen LogP contribution in [0.15, 0.2) is 81.4 Å². The molecule has 0 N–H and O–H groups in total. The number of hydrogen-bond donors (Lipinski definition) is 0. The van der Waals surface area contributed by atoms with Crippen molar-refractivity contribution in [2.45, 2.75) is 58.8 Å². The summed E-state index contributed by atoms with van der Waals surface area (Å²) in [4.78, 5) is 2.72. The van der Waals surface area contributed by atoms with Crippen molar-refractivity contribution in [3.05, 3.63) is 88.4 Å². The summed E-state index contributed by atoms with van der Waals surface area (Å²) in [6, 6.07) is 21.5. The fourth-order valence-electron chi connectivity index (χ4n) is 4.84. The highest BCUT2D eigenvalue weighted by Gasteiger charge is 2.44. The van der Waals surface area contributed by atoms with Gasteiger partial charge in [-0.15, -0.1) is 0 Å². The molecule has 1 heterocycles. The normalized spacial score (nSPS) is 22.7. The van der Waals surface area contributed by atoms with Gasteiger partial charge in [-0.25, -0.2) is 0 Å². The molecular formula is C25H23ClO3S2. The van der Waals surface area contributed by atoms with Gasteiger partial charge in [0.05, 0.1) is 11.0 Å². The SMILES string of the molecule is Cc1ccc(S(=O)(=O)OC2CCC3(CC2)c2ccccc2Sc2ccc(Cl)cc23)cc1. The lowest BCUT2D eigenvalue weighted by molar-refractivity contribution is 0.132. The van der Waals surface area contributed by atoms with Crippen molar-refractivity contribution in [1.29, 1.82) is 0 Å². The number of aryl methyl sites for hydroxylation is 1. The molecule has 0 aromatic heterocycles. The van der Waals surface area contributed by atoms with E-state index in [0.717, 1.165) is 23.4 Å². The van der Waals surface area contributed by atoms with Crippen LogP contribution in [0.2, 0.25) is 5.02 Å². The summed E-state index contributed by atoms with van der Waals surface area (Å²) in [5.74, 6) is 0. The van der Waals surface area contributed by atoms with E-state index in [4.69, 9.17) is 15.8 Å². The zero-order valence-electron chi connectivity index (χ0n) is 17.2. The van der Waals surface area contributed by atoms with Crippen LogP contribution in [0.25, 0.3) is 0 Å². The Kier molecular flexibility index (Phi) is 5.41. The van der Waals surface area contributed by atoms with E-state index in [-0.39, 0.29) is 16.4 Å². The molecule has 0 unspecified atom stereocenters. The number of rotatable bonds is 3. The molecule has 0 saturated heterocycles. The third-order valence-corrected chi connectivity index (χ3v) is 9.20. The summed E-state index contributed by atoms with van der Waals surface area (Å²) in [7, 11) is -3.77. The van der Waals surface area contributed by atoms with Crippen LogP contribution < -0.4 is 0 Å². The molecule has 0 bridgehead atoms. The Bertz CT molecular complexity index is 1230. The van der Waals surface area contributed by atoms with Crippen molar-refractivity contribution in [3.8, 4) is 0 Å². The number of halogens is 1. The first-order valence-corrected chi connectivity index (χ1v) is 13.1. The summed E-state index contributed by atoms with van der Waals surface area (Å²) < 4.78 is 31.2. The fourth-order valence-corrected chi connectivity index (χ4v) is 7.40. The first-order valence-electron chi connectivity index (χ1n) is 10.4. The molecule has 1 fully saturated rings. The first-order chi connectivity index (χ1) is 14.9. The molecule has 1 aliphatic heterocycles. The monoisotopic (exact) mass is 470 g/mol. The third-order valence-electron chi connectivity index (χ3n) is 6.44. The summed E-state index contributed by atoms with van der Waals surface area (Å²) in [6.45, 7) is 1.93. The molecule has 3 nitrogen and oxygen atoms in total. The lowest BCUT2D eigenvalue weighted by Crippen LogP contribution is -2.38. The van der Waals surface area contributed by atoms with Crippen molar-refractivity contribution in [2.24, 2.45) is 0 Å². The van der Waals surface area contributed by atoms with Crippen molar-refractivity contribution in [3.63, 3.8) is 0 Å². The van der Waals surface area contributed by atoms with Crippen LogP contribution in [0.3, 0.4) is 0 Å². The minimum Gasteiger partial charge on any atom is -0.263 e. The van der Waals surface area contributed by atoms with Gasteiger partial charge in [0, 0.05) is 20.2 Å². The van der Waals surface area contributed by atoms with Gasteiger partial charge in [-0.3, -0.25) is 4.18 Å². The number of hydrogen-bond acceptors (Lipinski definition) is 4. The van der Waals surface area contributed by atoms with Gasteiger partial charge in [-0.1, -0.05) is 59.3 Å². The zero-order valence-corrected chi connectivity index (χ0v) is 19.6. The highest BCUT2D eigenvalue weighted by molar-refractivity contribution is 7.99. The quantitative estimate of drug-likeness (QED) is 0.397. The first kappa shape index (κ1) is 21.1. The lowest BCUT2D eigenvalue weighted by atomic mass is 9.64. The van der Waals surface area contributed by atoms with Gasteiger partial charge in [-0.05, 0) is 80.1 Å². The lowest BCUT2D eigenvalue weighted by Gasteiger charge is -2.45. The van der Waals surface area contributed by atoms with Gasteiger partial charge >= 0.3 is 0 Å². The van der Waals surface area contributed by atoms with E-state index >= 15 is 0 Å². The maximum absolute atomic E-state index is 12.8. The van der Waals surface area contributed by atoms with E-state index in [0.29, 0.717) is 12.8 Å². The summed E-state index contributed by atoms with van der Waals surface area (Å²) in [6.07, 6.45) is 2.69. The van der Waals surface area contributed by atoms with Crippen molar-refractivity contribution in [1.82, 2.24) is 0 Å². The van der Waals surface area contributed by atoms with E-state index in [9.17, 15) is 8.42 Å². The smallest absolute Gasteiger partial charge is 0.263 e. The number of fused-ring (bicyclic) bond motifs is 4. The average molecular weight is 471 g/mol. The Labute approximate surface area is 192 Å². The van der Waals surface area contributed by atoms with Gasteiger partial charge in [0.2, 0.25) is 0 Å². The summed E-state index contributed by atoms with van der Waals surface area (Å²) in [5.41, 5.74) is 3.43. The summed E-state index contributed by atoms with van der Waals surface area (Å²) in [5, 5.41) is 0.735. The van der Waals surface area contributed by atoms with Crippen LogP contribution in [-0.2, 0) is 19.7 Å². The highest BCUT2D eigenvalue weighted by Crippen LogP contribution is 2.56. The van der Waals surface area contributed by atoms with Crippen molar-refractivity contribution in [2.75, 3.05) is 0 Å². The van der Waals surface area contributed by atoms with E-state index in [2.05, 4.69) is 36.4 Å². The topological polar surface area (TPSA) is 43.4 Å². The molecule has 31 heavy (non-hydrogen) atoms. The number of benzene rings is 3. The second kappa shape index (κ2) is 7.96. The molecule has 2 aliphatic rings. The standard InChI is InChI=1S/C25H23ClO3S2/c1-17-6-9-20(10-7-17)31(27,28)29-19-12-14-25(15-13-19)21-4-2-3-5-23(21)30-24-11-8-18(26)16-22(24)25/h2-11,16,19H,12-15H2,1H3. The molecule has 3 aromatic rings. The average Bonchev–Trinajstić information content (AvgIpc) is 2.76. The molecule has 0 atom stereocenters. The van der Waals surface area contributed by atoms with E-state index in [1.165, 1.54) is 20.9 Å². The highest BCUT2D eigenvalue weighted by atomic mass is 35.5. The van der Waals surface area contributed by atoms with Gasteiger partial charge in [0.1, 0.15) is 0 Å². The van der Waals surface area contributed by atoms with Crippen molar-refractivity contribution >= 4 is 33.5 Å². The Hall–Kier alpha value is -1.79. The maximum Gasteiger partial charge on any atom is 0.297 e. The second-order valence-electron chi connectivity index (χ2n) is 8.38. The molecule has 1 spiro atoms. The Morgan fingerprint density at radius 1 is 0.935 bits per heavy atom. The molecular weight excluding hydrogens is 448 g/mol. The van der Waals surface area contributed by atoms with E-state index < -0.39 is 10.1 Å². The minimum atomic E-state index is -3.77. The maximum atomic E-state index is 12.8. The Morgan fingerprint density at radius 2 is 1.61 bits per heavy atom. The molecule has 0 radical (unpaired) electrons. The van der Waals surface area contributed by atoms with Gasteiger partial charge in [0.15, 0.2) is 0 Å². The van der Waals surface area contributed by atoms with Gasteiger partial charge in [0.25, 0.3) is 10.1 Å². The van der Waals surface area contributed by atoms with Gasteiger partial charge < -0.3 is 0 Å². The van der Waals surface area contributed by atoms with E-state index in [1.54, 1.807) is 36.0 Å². The largest absolute Gasteiger partial charge is 0.297 e. The van der Waals surface area contributed by atoms with Crippen LogP contribution in [0.4, 0.5) is 0 Å². The molecule has 0 amide bonds. The fraction of sp³-hybridized carbons (Fsp3) is 0.280. The summed E-state index contributed by atoms with van der Waals surface area (Å²) >= 11 is 8.17. The Balaban J connectivity index is 1.43. The second-order valence-corrected chi connectivity index (χ2v) is 11.5. The van der Waals surface area contributed by atoms with Crippen LogP contribution in [0, 0.1) is 6.92 Å². The third kappa shape index (κ3) is 3.82. The molecule has 5 rings (SSSR count). The van der Waals surface area contributed by atoms with Gasteiger partial charge in [-0.2, -0.15) is 8.42 Å². The van der Waals surface area contributed by atoms with Crippen LogP contribution in [-0.4, -0.2) is 14.5 Å². The minimum absolute atomic E-state index is 0.157. The molecule has 6 heteroatoms. The van der Waals surface area contributed by atoms with Crippen LogP contribution in [0.1, 0.15) is 42.4 Å².